The molecular weight excluding hydrogens is 464 g/mol. The number of amides is 1. The first-order chi connectivity index (χ1) is 14.5. The van der Waals surface area contributed by atoms with Crippen molar-refractivity contribution in [1.29, 1.82) is 0 Å². The molecule has 7 heteroatoms. The number of para-hydroxylation sites is 1. The van der Waals surface area contributed by atoms with Gasteiger partial charge in [-0.15, -0.1) is 0 Å². The summed E-state index contributed by atoms with van der Waals surface area (Å²) in [5, 5.41) is 0. The summed E-state index contributed by atoms with van der Waals surface area (Å²) in [6.07, 6.45) is 1.77. The zero-order chi connectivity index (χ0) is 21.1. The van der Waals surface area contributed by atoms with E-state index in [4.69, 9.17) is 0 Å². The Hall–Kier alpha value is -2.64. The van der Waals surface area contributed by atoms with Crippen molar-refractivity contribution in [3.8, 4) is 0 Å². The molecule has 0 spiro atoms. The molecule has 154 valence electrons. The van der Waals surface area contributed by atoms with Crippen molar-refractivity contribution in [3.05, 3.63) is 88.9 Å². The molecule has 0 unspecified atom stereocenters. The predicted molar refractivity (Wildman–Crippen MR) is 122 cm³/mol. The lowest BCUT2D eigenvalue weighted by molar-refractivity contribution is -0.117. The maximum absolute atomic E-state index is 13.4. The zero-order valence-corrected chi connectivity index (χ0v) is 18.6. The monoisotopic (exact) mass is 484 g/mol. The number of hydrogen-bond acceptors (Lipinski definition) is 3. The molecule has 0 aromatic heterocycles. The SMILES string of the molecule is O=C(CN(c1cccc(Br)c1)S(=O)(=O)c1ccccc1)N1CCCc2ccccc21. The van der Waals surface area contributed by atoms with Crippen LogP contribution in [-0.4, -0.2) is 27.4 Å². The van der Waals surface area contributed by atoms with Crippen LogP contribution in [0.2, 0.25) is 0 Å². The summed E-state index contributed by atoms with van der Waals surface area (Å²) in [4.78, 5) is 15.2. The van der Waals surface area contributed by atoms with Crippen LogP contribution in [0.5, 0.6) is 0 Å². The van der Waals surface area contributed by atoms with E-state index >= 15 is 0 Å². The van der Waals surface area contributed by atoms with Crippen LogP contribution >= 0.6 is 15.9 Å². The third kappa shape index (κ3) is 4.13. The number of anilines is 2. The summed E-state index contributed by atoms with van der Waals surface area (Å²) >= 11 is 3.40. The quantitative estimate of drug-likeness (QED) is 0.530. The second kappa shape index (κ2) is 8.62. The summed E-state index contributed by atoms with van der Waals surface area (Å²) in [5.41, 5.74) is 2.41. The zero-order valence-electron chi connectivity index (χ0n) is 16.2. The lowest BCUT2D eigenvalue weighted by Gasteiger charge is -2.32. The third-order valence-corrected chi connectivity index (χ3v) is 7.40. The highest BCUT2D eigenvalue weighted by Gasteiger charge is 2.30. The van der Waals surface area contributed by atoms with Gasteiger partial charge in [0.1, 0.15) is 6.54 Å². The van der Waals surface area contributed by atoms with Crippen LogP contribution in [0.4, 0.5) is 11.4 Å². The second-order valence-electron chi connectivity index (χ2n) is 7.08. The van der Waals surface area contributed by atoms with Gasteiger partial charge in [-0.1, -0.05) is 58.4 Å². The topological polar surface area (TPSA) is 57.7 Å². The summed E-state index contributed by atoms with van der Waals surface area (Å²) in [5.74, 6) is -0.248. The van der Waals surface area contributed by atoms with Crippen molar-refractivity contribution in [1.82, 2.24) is 0 Å². The van der Waals surface area contributed by atoms with Gasteiger partial charge < -0.3 is 4.90 Å². The first kappa shape index (κ1) is 20.6. The normalized spacial score (nSPS) is 13.6. The lowest BCUT2D eigenvalue weighted by Crippen LogP contribution is -2.45. The van der Waals surface area contributed by atoms with Crippen molar-refractivity contribution in [2.75, 3.05) is 22.3 Å². The van der Waals surface area contributed by atoms with Crippen LogP contribution in [-0.2, 0) is 21.2 Å². The third-order valence-electron chi connectivity index (χ3n) is 5.12. The van der Waals surface area contributed by atoms with E-state index in [-0.39, 0.29) is 17.3 Å². The average Bonchev–Trinajstić information content (AvgIpc) is 2.77. The van der Waals surface area contributed by atoms with E-state index in [1.165, 1.54) is 4.31 Å². The van der Waals surface area contributed by atoms with Gasteiger partial charge in [-0.2, -0.15) is 0 Å². The maximum atomic E-state index is 13.4. The predicted octanol–water partition coefficient (Wildman–Crippen LogP) is 4.62. The molecule has 3 aromatic carbocycles. The van der Waals surface area contributed by atoms with Crippen LogP contribution in [0.15, 0.2) is 88.2 Å². The molecule has 0 radical (unpaired) electrons. The van der Waals surface area contributed by atoms with Gasteiger partial charge in [-0.25, -0.2) is 8.42 Å². The van der Waals surface area contributed by atoms with Crippen LogP contribution in [0.1, 0.15) is 12.0 Å². The summed E-state index contributed by atoms with van der Waals surface area (Å²) in [6, 6.07) is 23.0. The Labute approximate surface area is 185 Å². The highest BCUT2D eigenvalue weighted by molar-refractivity contribution is 9.10. The van der Waals surface area contributed by atoms with Gasteiger partial charge in [0.2, 0.25) is 5.91 Å². The van der Waals surface area contributed by atoms with Crippen molar-refractivity contribution < 1.29 is 13.2 Å². The summed E-state index contributed by atoms with van der Waals surface area (Å²) < 4.78 is 28.8. The minimum absolute atomic E-state index is 0.150. The van der Waals surface area contributed by atoms with E-state index in [2.05, 4.69) is 15.9 Å². The molecule has 0 fully saturated rings. The van der Waals surface area contributed by atoms with Gasteiger partial charge in [-0.05, 0) is 54.8 Å². The maximum Gasteiger partial charge on any atom is 0.264 e. The molecule has 0 saturated heterocycles. The van der Waals surface area contributed by atoms with Gasteiger partial charge >= 0.3 is 0 Å². The number of benzene rings is 3. The summed E-state index contributed by atoms with van der Waals surface area (Å²) in [6.45, 7) is 0.301. The molecule has 1 aliphatic rings. The fourth-order valence-electron chi connectivity index (χ4n) is 3.67. The van der Waals surface area contributed by atoms with Crippen LogP contribution in [0.3, 0.4) is 0 Å². The number of aryl methyl sites for hydroxylation is 1. The molecule has 4 rings (SSSR count). The molecule has 0 bridgehead atoms. The Morgan fingerprint density at radius 2 is 1.70 bits per heavy atom. The average molecular weight is 485 g/mol. The number of rotatable bonds is 5. The van der Waals surface area contributed by atoms with Gasteiger partial charge in [0.05, 0.1) is 10.6 Å². The molecule has 1 heterocycles. The molecule has 0 aliphatic carbocycles. The number of carbonyl (C=O) groups excluding carboxylic acids is 1. The van der Waals surface area contributed by atoms with Gasteiger partial charge in [0.15, 0.2) is 0 Å². The van der Waals surface area contributed by atoms with Crippen LogP contribution in [0.25, 0.3) is 0 Å². The molecule has 1 amide bonds. The molecular formula is C23H21BrN2O3S. The fourth-order valence-corrected chi connectivity index (χ4v) is 5.48. The molecule has 0 atom stereocenters. The Morgan fingerprint density at radius 1 is 0.967 bits per heavy atom. The highest BCUT2D eigenvalue weighted by Crippen LogP contribution is 2.29. The summed E-state index contributed by atoms with van der Waals surface area (Å²) in [7, 11) is -3.92. The van der Waals surface area contributed by atoms with E-state index in [0.717, 1.165) is 28.6 Å². The number of sulfonamides is 1. The smallest absolute Gasteiger partial charge is 0.264 e. The van der Waals surface area contributed by atoms with E-state index in [0.29, 0.717) is 12.2 Å². The Kier molecular flexibility index (Phi) is 5.92. The van der Waals surface area contributed by atoms with Crippen molar-refractivity contribution in [3.63, 3.8) is 0 Å². The lowest BCUT2D eigenvalue weighted by atomic mass is 10.0. The van der Waals surface area contributed by atoms with E-state index in [9.17, 15) is 13.2 Å². The first-order valence-electron chi connectivity index (χ1n) is 9.68. The van der Waals surface area contributed by atoms with Crippen LogP contribution in [0, 0.1) is 0 Å². The molecule has 3 aromatic rings. The number of fused-ring (bicyclic) bond motifs is 1. The molecule has 0 N–H and O–H groups in total. The van der Waals surface area contributed by atoms with Gasteiger partial charge in [-0.3, -0.25) is 9.10 Å². The first-order valence-corrected chi connectivity index (χ1v) is 11.9. The molecule has 0 saturated carbocycles. The fraction of sp³-hybridized carbons (Fsp3) is 0.174. The van der Waals surface area contributed by atoms with Crippen molar-refractivity contribution in [2.45, 2.75) is 17.7 Å². The standard InChI is InChI=1S/C23H21BrN2O3S/c24-19-10-6-11-20(16-19)26(30(28,29)21-12-2-1-3-13-21)17-23(27)25-15-7-9-18-8-4-5-14-22(18)25/h1-6,8,10-14,16H,7,9,15,17H2. The Morgan fingerprint density at radius 3 is 2.47 bits per heavy atom. The molecule has 5 nitrogen and oxygen atoms in total. The number of halogens is 1. The number of hydrogen-bond donors (Lipinski definition) is 0. The highest BCUT2D eigenvalue weighted by atomic mass is 79.9. The van der Waals surface area contributed by atoms with E-state index < -0.39 is 10.0 Å². The molecule has 30 heavy (non-hydrogen) atoms. The number of nitrogens with zero attached hydrogens (tertiary/aromatic N) is 2. The van der Waals surface area contributed by atoms with Gasteiger partial charge in [0, 0.05) is 16.7 Å². The van der Waals surface area contributed by atoms with E-state index in [1.54, 1.807) is 53.4 Å². The molecule has 1 aliphatic heterocycles. The Balaban J connectivity index is 1.72. The second-order valence-corrected chi connectivity index (χ2v) is 9.86. The van der Waals surface area contributed by atoms with Crippen molar-refractivity contribution >= 4 is 43.2 Å². The minimum atomic E-state index is -3.92. The van der Waals surface area contributed by atoms with Crippen LogP contribution < -0.4 is 9.21 Å². The van der Waals surface area contributed by atoms with Crippen molar-refractivity contribution in [2.24, 2.45) is 0 Å². The largest absolute Gasteiger partial charge is 0.311 e. The van der Waals surface area contributed by atoms with Gasteiger partial charge in [0.25, 0.3) is 10.0 Å². The minimum Gasteiger partial charge on any atom is -0.311 e. The van der Waals surface area contributed by atoms with E-state index in [1.807, 2.05) is 30.3 Å². The number of carbonyl (C=O) groups is 1. The Bertz CT molecular complexity index is 1170.